The SMILES string of the molecule is C[B]C(C)C(C)C(C(C)C(C)(C)C)C(C)(C)C. The molecule has 0 aromatic rings. The molecule has 0 heterocycles. The Kier molecular flexibility index (Phi) is 5.83. The third-order valence-corrected chi connectivity index (χ3v) is 4.83. The monoisotopic (exact) mass is 237 g/mol. The Balaban J connectivity index is 5.16. The quantitative estimate of drug-likeness (QED) is 0.564. The molecular weight excluding hydrogens is 203 g/mol. The zero-order chi connectivity index (χ0) is 14.0. The minimum absolute atomic E-state index is 0.378. The maximum Gasteiger partial charge on any atom is 0.110 e. The van der Waals surface area contributed by atoms with E-state index in [1.54, 1.807) is 0 Å². The summed E-state index contributed by atoms with van der Waals surface area (Å²) in [6.45, 7) is 23.8. The molecule has 0 spiro atoms. The van der Waals surface area contributed by atoms with Gasteiger partial charge in [-0.25, -0.2) is 0 Å². The second-order valence-corrected chi connectivity index (χ2v) is 8.10. The Morgan fingerprint density at radius 2 is 1.18 bits per heavy atom. The standard InChI is InChI=1S/C16H34B/c1-11(13(3)17-10)14(16(7,8)9)12(2)15(4,5)6/h11-14H,1-10H3. The van der Waals surface area contributed by atoms with Gasteiger partial charge >= 0.3 is 0 Å². The predicted molar refractivity (Wildman–Crippen MR) is 81.8 cm³/mol. The van der Waals surface area contributed by atoms with Gasteiger partial charge in [-0.15, -0.1) is 0 Å². The first-order valence-corrected chi connectivity index (χ1v) is 7.22. The van der Waals surface area contributed by atoms with Crippen molar-refractivity contribution in [3.63, 3.8) is 0 Å². The van der Waals surface area contributed by atoms with Crippen molar-refractivity contribution in [1.82, 2.24) is 0 Å². The molecule has 1 heteroatoms. The Hall–Kier alpha value is 0.0649. The molecule has 0 fully saturated rings. The molecular formula is C16H34B. The smallest absolute Gasteiger partial charge is 0.0917 e. The lowest BCUT2D eigenvalue weighted by atomic mass is 9.52. The van der Waals surface area contributed by atoms with Crippen molar-refractivity contribution in [2.24, 2.45) is 28.6 Å². The molecule has 0 nitrogen and oxygen atoms in total. The van der Waals surface area contributed by atoms with Crippen LogP contribution in [-0.2, 0) is 0 Å². The second kappa shape index (κ2) is 5.80. The molecule has 4 atom stereocenters. The van der Waals surface area contributed by atoms with Crippen LogP contribution < -0.4 is 0 Å². The van der Waals surface area contributed by atoms with E-state index in [1.807, 2.05) is 0 Å². The summed E-state index contributed by atoms with van der Waals surface area (Å²) in [6.07, 6.45) is 0. The molecule has 0 saturated heterocycles. The van der Waals surface area contributed by atoms with Gasteiger partial charge < -0.3 is 0 Å². The van der Waals surface area contributed by atoms with Crippen molar-refractivity contribution < 1.29 is 0 Å². The van der Waals surface area contributed by atoms with Gasteiger partial charge in [0, 0.05) is 0 Å². The van der Waals surface area contributed by atoms with Gasteiger partial charge in [-0.05, 0) is 28.6 Å². The molecule has 0 aromatic carbocycles. The molecule has 0 N–H and O–H groups in total. The van der Waals surface area contributed by atoms with Crippen molar-refractivity contribution in [1.29, 1.82) is 0 Å². The molecule has 0 aromatic heterocycles. The van der Waals surface area contributed by atoms with Gasteiger partial charge in [0.2, 0.25) is 0 Å². The summed E-state index contributed by atoms with van der Waals surface area (Å²) in [4.78, 5) is 0. The Bertz CT molecular complexity index is 219. The Morgan fingerprint density at radius 3 is 1.41 bits per heavy atom. The van der Waals surface area contributed by atoms with Crippen LogP contribution in [0.3, 0.4) is 0 Å². The first-order valence-electron chi connectivity index (χ1n) is 7.22. The fourth-order valence-corrected chi connectivity index (χ4v) is 3.16. The van der Waals surface area contributed by atoms with Crippen LogP contribution in [0.15, 0.2) is 0 Å². The normalized spacial score (nSPS) is 20.6. The average Bonchev–Trinajstić information content (AvgIpc) is 2.12. The van der Waals surface area contributed by atoms with Gasteiger partial charge in [-0.2, -0.15) is 0 Å². The summed E-state index contributed by atoms with van der Waals surface area (Å²) in [7, 11) is 2.36. The van der Waals surface area contributed by atoms with Crippen molar-refractivity contribution in [3.8, 4) is 0 Å². The minimum Gasteiger partial charge on any atom is -0.0917 e. The molecule has 0 saturated carbocycles. The number of rotatable bonds is 4. The van der Waals surface area contributed by atoms with Crippen molar-refractivity contribution >= 4 is 7.28 Å². The van der Waals surface area contributed by atoms with Crippen molar-refractivity contribution in [2.45, 2.75) is 75.0 Å². The van der Waals surface area contributed by atoms with E-state index in [4.69, 9.17) is 0 Å². The highest BCUT2D eigenvalue weighted by molar-refractivity contribution is 6.35. The lowest BCUT2D eigenvalue weighted by molar-refractivity contribution is 0.0404. The highest BCUT2D eigenvalue weighted by atomic mass is 14.4. The van der Waals surface area contributed by atoms with E-state index in [1.165, 1.54) is 0 Å². The fourth-order valence-electron chi connectivity index (χ4n) is 3.16. The largest absolute Gasteiger partial charge is 0.110 e. The highest BCUT2D eigenvalue weighted by Gasteiger charge is 2.40. The van der Waals surface area contributed by atoms with E-state index in [9.17, 15) is 0 Å². The summed E-state index contributed by atoms with van der Waals surface area (Å²) in [5, 5.41) is 0. The topological polar surface area (TPSA) is 0 Å². The summed E-state index contributed by atoms with van der Waals surface area (Å²) >= 11 is 0. The van der Waals surface area contributed by atoms with Gasteiger partial charge in [0.1, 0.15) is 7.28 Å². The first kappa shape index (κ1) is 17.1. The predicted octanol–water partition coefficient (Wildman–Crippen LogP) is 5.53. The third kappa shape index (κ3) is 4.68. The third-order valence-electron chi connectivity index (χ3n) is 4.83. The summed E-state index contributed by atoms with van der Waals surface area (Å²) < 4.78 is 0. The highest BCUT2D eigenvalue weighted by Crippen LogP contribution is 2.47. The zero-order valence-electron chi connectivity index (χ0n) is 13.9. The number of hydrogen-bond acceptors (Lipinski definition) is 0. The van der Waals surface area contributed by atoms with Gasteiger partial charge in [-0.1, -0.05) is 75.0 Å². The molecule has 0 aliphatic rings. The molecule has 1 radical (unpaired) electrons. The van der Waals surface area contributed by atoms with Gasteiger partial charge in [-0.3, -0.25) is 0 Å². The summed E-state index contributed by atoms with van der Waals surface area (Å²) in [6, 6.07) is 0. The summed E-state index contributed by atoms with van der Waals surface area (Å²) in [5.41, 5.74) is 0.767. The molecule has 0 bridgehead atoms. The van der Waals surface area contributed by atoms with Crippen LogP contribution in [0.5, 0.6) is 0 Å². The second-order valence-electron chi connectivity index (χ2n) is 8.10. The first-order chi connectivity index (χ1) is 7.42. The summed E-state index contributed by atoms with van der Waals surface area (Å²) in [5.74, 6) is 2.94. The maximum atomic E-state index is 2.44. The zero-order valence-corrected chi connectivity index (χ0v) is 13.9. The van der Waals surface area contributed by atoms with Crippen LogP contribution in [0.1, 0.15) is 62.3 Å². The molecule has 0 aliphatic heterocycles. The van der Waals surface area contributed by atoms with Crippen molar-refractivity contribution in [2.75, 3.05) is 0 Å². The van der Waals surface area contributed by atoms with Crippen LogP contribution in [0.4, 0.5) is 0 Å². The van der Waals surface area contributed by atoms with Gasteiger partial charge in [0.05, 0.1) is 0 Å². The van der Waals surface area contributed by atoms with Crippen LogP contribution in [0.25, 0.3) is 0 Å². The van der Waals surface area contributed by atoms with Crippen molar-refractivity contribution in [3.05, 3.63) is 0 Å². The van der Waals surface area contributed by atoms with Crippen LogP contribution in [0.2, 0.25) is 12.6 Å². The molecule has 101 valence electrons. The molecule has 0 rings (SSSR count). The van der Waals surface area contributed by atoms with Crippen LogP contribution in [0, 0.1) is 28.6 Å². The van der Waals surface area contributed by atoms with E-state index in [-0.39, 0.29) is 0 Å². The van der Waals surface area contributed by atoms with E-state index in [0.717, 1.165) is 17.8 Å². The minimum atomic E-state index is 0.378. The van der Waals surface area contributed by atoms with E-state index >= 15 is 0 Å². The van der Waals surface area contributed by atoms with Crippen LogP contribution >= 0.6 is 0 Å². The molecule has 17 heavy (non-hydrogen) atoms. The lowest BCUT2D eigenvalue weighted by Crippen LogP contribution is -2.39. The van der Waals surface area contributed by atoms with Crippen LogP contribution in [-0.4, -0.2) is 7.28 Å². The lowest BCUT2D eigenvalue weighted by Gasteiger charge is -2.47. The average molecular weight is 237 g/mol. The van der Waals surface area contributed by atoms with E-state index < -0.39 is 0 Å². The molecule has 0 amide bonds. The maximum absolute atomic E-state index is 2.44. The van der Waals surface area contributed by atoms with E-state index in [2.05, 4.69) is 76.4 Å². The Labute approximate surface area is 111 Å². The van der Waals surface area contributed by atoms with E-state index in [0.29, 0.717) is 16.6 Å². The molecule has 4 unspecified atom stereocenters. The van der Waals surface area contributed by atoms with Gasteiger partial charge in [0.15, 0.2) is 0 Å². The van der Waals surface area contributed by atoms with Gasteiger partial charge in [0.25, 0.3) is 0 Å². The molecule has 0 aliphatic carbocycles. The fraction of sp³-hybridized carbons (Fsp3) is 1.00. The number of hydrogen-bond donors (Lipinski definition) is 0. The Morgan fingerprint density at radius 1 is 0.765 bits per heavy atom.